The van der Waals surface area contributed by atoms with Gasteiger partial charge in [0.1, 0.15) is 0 Å². The minimum Gasteiger partial charge on any atom is -0.311 e. The van der Waals surface area contributed by atoms with E-state index in [0.717, 1.165) is 25.2 Å². The number of para-hydroxylation sites is 1. The van der Waals surface area contributed by atoms with E-state index in [0.29, 0.717) is 5.92 Å². The molecule has 1 saturated carbocycles. The zero-order valence-electron chi connectivity index (χ0n) is 14.6. The van der Waals surface area contributed by atoms with Gasteiger partial charge < -0.3 is 9.80 Å². The Balaban J connectivity index is 1.46. The highest BCUT2D eigenvalue weighted by molar-refractivity contribution is 5.97. The molecular formula is C21H25N3O. The van der Waals surface area contributed by atoms with Crippen molar-refractivity contribution in [2.75, 3.05) is 31.1 Å². The Morgan fingerprint density at radius 3 is 2.64 bits per heavy atom. The molecule has 0 spiro atoms. The fourth-order valence-electron chi connectivity index (χ4n) is 3.85. The molecule has 0 bridgehead atoms. The van der Waals surface area contributed by atoms with Crippen LogP contribution in [-0.2, 0) is 4.79 Å². The third kappa shape index (κ3) is 3.74. The first-order valence-electron chi connectivity index (χ1n) is 9.31. The minimum absolute atomic E-state index is 0.1000. The first-order valence-corrected chi connectivity index (χ1v) is 9.31. The molecule has 25 heavy (non-hydrogen) atoms. The maximum Gasteiger partial charge on any atom is 0.230 e. The molecular weight excluding hydrogens is 310 g/mol. The van der Waals surface area contributed by atoms with E-state index in [1.165, 1.54) is 31.5 Å². The van der Waals surface area contributed by atoms with Crippen LogP contribution in [0.5, 0.6) is 0 Å². The van der Waals surface area contributed by atoms with Crippen molar-refractivity contribution in [2.24, 2.45) is 5.92 Å². The number of amides is 1. The Morgan fingerprint density at radius 1 is 1.12 bits per heavy atom. The second kappa shape index (κ2) is 7.36. The number of anilines is 1. The highest BCUT2D eigenvalue weighted by atomic mass is 16.2. The molecule has 2 aliphatic rings. The van der Waals surface area contributed by atoms with Gasteiger partial charge in [-0.1, -0.05) is 24.3 Å². The van der Waals surface area contributed by atoms with Crippen molar-refractivity contribution in [1.29, 1.82) is 0 Å². The first kappa shape index (κ1) is 16.3. The zero-order chi connectivity index (χ0) is 17.1. The number of hydrogen-bond acceptors (Lipinski definition) is 3. The maximum absolute atomic E-state index is 13.2. The number of pyridine rings is 1. The fraction of sp³-hybridized carbons (Fsp3) is 0.429. The van der Waals surface area contributed by atoms with Gasteiger partial charge in [0.15, 0.2) is 0 Å². The molecule has 2 heterocycles. The summed E-state index contributed by atoms with van der Waals surface area (Å²) in [5, 5.41) is 0. The topological polar surface area (TPSA) is 36.4 Å². The van der Waals surface area contributed by atoms with Crippen molar-refractivity contribution < 1.29 is 4.79 Å². The number of nitrogens with zero attached hydrogens (tertiary/aromatic N) is 3. The summed E-state index contributed by atoms with van der Waals surface area (Å²) in [6.07, 6.45) is 7.19. The predicted molar refractivity (Wildman–Crippen MR) is 99.6 cm³/mol. The third-order valence-electron chi connectivity index (χ3n) is 5.39. The summed E-state index contributed by atoms with van der Waals surface area (Å²) in [6, 6.07) is 14.2. The van der Waals surface area contributed by atoms with Crippen LogP contribution in [0, 0.1) is 5.92 Å². The van der Waals surface area contributed by atoms with E-state index in [-0.39, 0.29) is 11.8 Å². The zero-order valence-corrected chi connectivity index (χ0v) is 14.6. The second-order valence-corrected chi connectivity index (χ2v) is 7.11. The maximum atomic E-state index is 13.2. The normalized spacial score (nSPS) is 22.7. The van der Waals surface area contributed by atoms with E-state index >= 15 is 0 Å². The molecule has 1 saturated heterocycles. The van der Waals surface area contributed by atoms with Crippen molar-refractivity contribution in [3.05, 3.63) is 60.4 Å². The van der Waals surface area contributed by atoms with E-state index in [9.17, 15) is 4.79 Å². The van der Waals surface area contributed by atoms with E-state index in [1.807, 2.05) is 47.5 Å². The van der Waals surface area contributed by atoms with Crippen molar-refractivity contribution >= 4 is 11.6 Å². The molecule has 0 radical (unpaired) electrons. The van der Waals surface area contributed by atoms with E-state index < -0.39 is 0 Å². The summed E-state index contributed by atoms with van der Waals surface area (Å²) in [5.74, 6) is 0.696. The number of carbonyl (C=O) groups excluding carboxylic acids is 1. The third-order valence-corrected chi connectivity index (χ3v) is 5.39. The van der Waals surface area contributed by atoms with Gasteiger partial charge in [-0.2, -0.15) is 0 Å². The van der Waals surface area contributed by atoms with Gasteiger partial charge in [-0.05, 0) is 62.0 Å². The van der Waals surface area contributed by atoms with Crippen molar-refractivity contribution in [3.8, 4) is 0 Å². The lowest BCUT2D eigenvalue weighted by molar-refractivity contribution is -0.119. The Kier molecular flexibility index (Phi) is 4.79. The largest absolute Gasteiger partial charge is 0.311 e. The molecule has 4 heteroatoms. The van der Waals surface area contributed by atoms with Crippen LogP contribution in [0.1, 0.15) is 30.7 Å². The molecule has 1 amide bonds. The number of carbonyl (C=O) groups is 1. The molecule has 4 nitrogen and oxygen atoms in total. The Hall–Kier alpha value is -2.20. The van der Waals surface area contributed by atoms with Gasteiger partial charge in [-0.15, -0.1) is 0 Å². The number of rotatable bonds is 6. The molecule has 4 rings (SSSR count). The van der Waals surface area contributed by atoms with Crippen molar-refractivity contribution in [1.82, 2.24) is 9.88 Å². The van der Waals surface area contributed by atoms with Gasteiger partial charge in [0, 0.05) is 37.1 Å². The van der Waals surface area contributed by atoms with Crippen LogP contribution in [-0.4, -0.2) is 42.0 Å². The Bertz CT molecular complexity index is 698. The SMILES string of the molecule is O=C(C1CC1c1cccnc1)N(CCN1CCCC1)c1ccccc1. The second-order valence-electron chi connectivity index (χ2n) is 7.11. The Morgan fingerprint density at radius 2 is 1.92 bits per heavy atom. The van der Waals surface area contributed by atoms with Gasteiger partial charge >= 0.3 is 0 Å². The highest BCUT2D eigenvalue weighted by Crippen LogP contribution is 2.48. The van der Waals surface area contributed by atoms with Gasteiger partial charge in [-0.25, -0.2) is 0 Å². The van der Waals surface area contributed by atoms with Gasteiger partial charge in [-0.3, -0.25) is 9.78 Å². The molecule has 1 aliphatic carbocycles. The van der Waals surface area contributed by atoms with Crippen molar-refractivity contribution in [2.45, 2.75) is 25.2 Å². The van der Waals surface area contributed by atoms with Gasteiger partial charge in [0.05, 0.1) is 0 Å². The summed E-state index contributed by atoms with van der Waals surface area (Å²) in [7, 11) is 0. The average Bonchev–Trinajstić information content (AvgIpc) is 3.31. The van der Waals surface area contributed by atoms with E-state index in [2.05, 4.69) is 16.0 Å². The van der Waals surface area contributed by atoms with Gasteiger partial charge in [0.25, 0.3) is 0 Å². The standard InChI is InChI=1S/C21H25N3O/c25-21(20-15-19(20)17-7-6-10-22-16-17)24(18-8-2-1-3-9-18)14-13-23-11-4-5-12-23/h1-3,6-10,16,19-20H,4-5,11-15H2. The van der Waals surface area contributed by atoms with Crippen LogP contribution in [0.4, 0.5) is 5.69 Å². The average molecular weight is 335 g/mol. The van der Waals surface area contributed by atoms with Crippen LogP contribution in [0.2, 0.25) is 0 Å². The summed E-state index contributed by atoms with van der Waals surface area (Å²) >= 11 is 0. The van der Waals surface area contributed by atoms with Crippen LogP contribution < -0.4 is 4.90 Å². The molecule has 2 fully saturated rings. The molecule has 1 aliphatic heterocycles. The monoisotopic (exact) mass is 335 g/mol. The van der Waals surface area contributed by atoms with Crippen LogP contribution in [0.3, 0.4) is 0 Å². The molecule has 1 aromatic heterocycles. The molecule has 1 aromatic carbocycles. The Labute approximate surface area is 149 Å². The van der Waals surface area contributed by atoms with E-state index in [4.69, 9.17) is 0 Å². The summed E-state index contributed by atoms with van der Waals surface area (Å²) in [6.45, 7) is 4.07. The quantitative estimate of drug-likeness (QED) is 0.812. The summed E-state index contributed by atoms with van der Waals surface area (Å²) < 4.78 is 0. The summed E-state index contributed by atoms with van der Waals surface area (Å²) in [5.41, 5.74) is 2.21. The minimum atomic E-state index is 0.1000. The molecule has 0 N–H and O–H groups in total. The molecule has 130 valence electrons. The highest BCUT2D eigenvalue weighted by Gasteiger charge is 2.46. The van der Waals surface area contributed by atoms with Crippen molar-refractivity contribution in [3.63, 3.8) is 0 Å². The fourth-order valence-corrected chi connectivity index (χ4v) is 3.85. The van der Waals surface area contributed by atoms with Crippen LogP contribution in [0.25, 0.3) is 0 Å². The van der Waals surface area contributed by atoms with Crippen LogP contribution >= 0.6 is 0 Å². The van der Waals surface area contributed by atoms with Crippen LogP contribution in [0.15, 0.2) is 54.9 Å². The first-order chi connectivity index (χ1) is 12.3. The lowest BCUT2D eigenvalue weighted by atomic mass is 10.1. The molecule has 2 aromatic rings. The number of likely N-dealkylation sites (tertiary alicyclic amines) is 1. The number of hydrogen-bond donors (Lipinski definition) is 0. The molecule has 2 atom stereocenters. The molecule has 2 unspecified atom stereocenters. The lowest BCUT2D eigenvalue weighted by Gasteiger charge is -2.26. The van der Waals surface area contributed by atoms with E-state index in [1.54, 1.807) is 6.20 Å². The number of benzene rings is 1. The van der Waals surface area contributed by atoms with Gasteiger partial charge in [0.2, 0.25) is 5.91 Å². The summed E-state index contributed by atoms with van der Waals surface area (Å²) in [4.78, 5) is 21.8. The lowest BCUT2D eigenvalue weighted by Crippen LogP contribution is -2.39. The predicted octanol–water partition coefficient (Wildman–Crippen LogP) is 3.31. The smallest absolute Gasteiger partial charge is 0.230 e. The number of aromatic nitrogens is 1.